The quantitative estimate of drug-likeness (QED) is 0.351. The van der Waals surface area contributed by atoms with Crippen LogP contribution in [0.1, 0.15) is 6.42 Å². The van der Waals surface area contributed by atoms with Crippen molar-refractivity contribution in [2.24, 2.45) is 0 Å². The Morgan fingerprint density at radius 3 is 2.11 bits per heavy atom. The number of β-amino-alcohol motifs (C(OH)–C–C–N with tert-alkyl or cyclic N) is 1. The van der Waals surface area contributed by atoms with Crippen LogP contribution in [0.5, 0.6) is 0 Å². The van der Waals surface area contributed by atoms with Gasteiger partial charge < -0.3 is 5.11 Å². The highest BCUT2D eigenvalue weighted by Gasteiger charge is 2.23. The zero-order valence-corrected chi connectivity index (χ0v) is 20.1. The normalized spacial score (nSPS) is 16.0. The Hall–Kier alpha value is -4.01. The fraction of sp³-hybridized carbons (Fsp3) is 0.207. The summed E-state index contributed by atoms with van der Waals surface area (Å²) >= 11 is 0. The Labute approximate surface area is 212 Å². The summed E-state index contributed by atoms with van der Waals surface area (Å²) in [5, 5.41) is 15.5. The second-order valence-corrected chi connectivity index (χ2v) is 9.33. The first-order valence-electron chi connectivity index (χ1n) is 12.3. The van der Waals surface area contributed by atoms with E-state index in [-0.39, 0.29) is 17.7 Å². The van der Waals surface area contributed by atoms with Crippen molar-refractivity contribution in [3.05, 3.63) is 90.9 Å². The van der Waals surface area contributed by atoms with Gasteiger partial charge in [0.2, 0.25) is 0 Å². The van der Waals surface area contributed by atoms with Crippen molar-refractivity contribution in [3.63, 3.8) is 0 Å². The first kappa shape index (κ1) is 23.4. The Balaban J connectivity index is 1.57. The summed E-state index contributed by atoms with van der Waals surface area (Å²) in [6.07, 6.45) is 5.93. The molecule has 5 aromatic rings. The molecule has 0 radical (unpaired) electrons. The molecule has 186 valence electrons. The molecule has 4 heterocycles. The Morgan fingerprint density at radius 1 is 0.811 bits per heavy atom. The van der Waals surface area contributed by atoms with Crippen LogP contribution in [0.2, 0.25) is 0 Å². The summed E-state index contributed by atoms with van der Waals surface area (Å²) in [6.45, 7) is 2.93. The van der Waals surface area contributed by atoms with Gasteiger partial charge in [0.15, 0.2) is 5.65 Å². The zero-order valence-electron chi connectivity index (χ0n) is 20.1. The molecule has 0 amide bonds. The van der Waals surface area contributed by atoms with Crippen LogP contribution in [0.4, 0.5) is 8.78 Å². The van der Waals surface area contributed by atoms with Crippen molar-refractivity contribution in [1.82, 2.24) is 24.6 Å². The molecule has 0 aliphatic carbocycles. The monoisotopic (exact) mass is 497 g/mol. The standard InChI is InChI=1S/C29H25F2N5O/c30-22-5-1-19(2-6-22)26-25-18-36(16-15-35-14-11-24(37)17-35)34-29(25)33-28(21-3-7-23(31)8-4-21)27(26)20-9-12-32-13-10-20/h1-10,12-13,18,24,37H,11,14-17H2/t24-/m1/s1. The van der Waals surface area contributed by atoms with Crippen LogP contribution in [-0.4, -0.2) is 55.5 Å². The van der Waals surface area contributed by atoms with E-state index >= 15 is 0 Å². The van der Waals surface area contributed by atoms with Crippen molar-refractivity contribution >= 4 is 11.0 Å². The van der Waals surface area contributed by atoms with E-state index < -0.39 is 0 Å². The maximum Gasteiger partial charge on any atom is 0.182 e. The summed E-state index contributed by atoms with van der Waals surface area (Å²) in [5.74, 6) is -0.646. The van der Waals surface area contributed by atoms with Crippen LogP contribution in [-0.2, 0) is 6.54 Å². The van der Waals surface area contributed by atoms with Crippen molar-refractivity contribution in [2.75, 3.05) is 19.6 Å². The summed E-state index contributed by atoms with van der Waals surface area (Å²) in [6, 6.07) is 16.5. The van der Waals surface area contributed by atoms with Gasteiger partial charge in [0, 0.05) is 60.3 Å². The van der Waals surface area contributed by atoms with E-state index in [0.717, 1.165) is 52.7 Å². The van der Waals surface area contributed by atoms with Gasteiger partial charge in [-0.3, -0.25) is 14.6 Å². The lowest BCUT2D eigenvalue weighted by Crippen LogP contribution is -2.26. The molecule has 8 heteroatoms. The van der Waals surface area contributed by atoms with Crippen LogP contribution in [0.25, 0.3) is 44.5 Å². The van der Waals surface area contributed by atoms with Gasteiger partial charge in [-0.05, 0) is 66.1 Å². The molecule has 2 aromatic carbocycles. The Kier molecular flexibility index (Phi) is 6.20. The predicted octanol–water partition coefficient (Wildman–Crippen LogP) is 5.17. The van der Waals surface area contributed by atoms with E-state index in [4.69, 9.17) is 10.1 Å². The van der Waals surface area contributed by atoms with Crippen LogP contribution in [0.15, 0.2) is 79.3 Å². The third-order valence-corrected chi connectivity index (χ3v) is 6.83. The summed E-state index contributed by atoms with van der Waals surface area (Å²) in [5.41, 5.74) is 5.39. The zero-order chi connectivity index (χ0) is 25.4. The average Bonchev–Trinajstić information content (AvgIpc) is 3.53. The molecule has 1 N–H and O–H groups in total. The molecule has 3 aromatic heterocycles. The number of pyridine rings is 2. The van der Waals surface area contributed by atoms with E-state index in [1.165, 1.54) is 24.3 Å². The maximum absolute atomic E-state index is 13.9. The summed E-state index contributed by atoms with van der Waals surface area (Å²) in [4.78, 5) is 11.4. The molecular weight excluding hydrogens is 472 g/mol. The number of hydrogen-bond acceptors (Lipinski definition) is 5. The van der Waals surface area contributed by atoms with Gasteiger partial charge >= 0.3 is 0 Å². The van der Waals surface area contributed by atoms with Crippen LogP contribution >= 0.6 is 0 Å². The first-order chi connectivity index (χ1) is 18.0. The number of aromatic nitrogens is 4. The highest BCUT2D eigenvalue weighted by molar-refractivity contribution is 6.05. The van der Waals surface area contributed by atoms with Crippen molar-refractivity contribution < 1.29 is 13.9 Å². The van der Waals surface area contributed by atoms with Crippen LogP contribution in [0.3, 0.4) is 0 Å². The molecule has 0 unspecified atom stereocenters. The predicted molar refractivity (Wildman–Crippen MR) is 139 cm³/mol. The lowest BCUT2D eigenvalue weighted by atomic mass is 9.90. The second-order valence-electron chi connectivity index (χ2n) is 9.33. The largest absolute Gasteiger partial charge is 0.392 e. The van der Waals surface area contributed by atoms with E-state index in [0.29, 0.717) is 24.4 Å². The lowest BCUT2D eigenvalue weighted by molar-refractivity contribution is 0.174. The minimum absolute atomic E-state index is 0.273. The van der Waals surface area contributed by atoms with Crippen molar-refractivity contribution in [3.8, 4) is 33.5 Å². The van der Waals surface area contributed by atoms with E-state index in [2.05, 4.69) is 9.88 Å². The number of likely N-dealkylation sites (tertiary alicyclic amines) is 1. The molecular formula is C29H25F2N5O. The van der Waals surface area contributed by atoms with Gasteiger partial charge in [0.1, 0.15) is 11.6 Å². The number of nitrogens with zero attached hydrogens (tertiary/aromatic N) is 5. The third kappa shape index (κ3) is 4.73. The van der Waals surface area contributed by atoms with Gasteiger partial charge in [-0.25, -0.2) is 13.8 Å². The molecule has 1 atom stereocenters. The van der Waals surface area contributed by atoms with Gasteiger partial charge in [0.25, 0.3) is 0 Å². The Bertz CT molecular complexity index is 1540. The number of aliphatic hydroxyl groups excluding tert-OH is 1. The number of rotatable bonds is 6. The number of aliphatic hydroxyl groups is 1. The SMILES string of the molecule is O[C@@H]1CCN(CCn2cc3c(-c4ccc(F)cc4)c(-c4ccncc4)c(-c4ccc(F)cc4)nc3n2)C1. The van der Waals surface area contributed by atoms with Crippen molar-refractivity contribution in [2.45, 2.75) is 19.1 Å². The Morgan fingerprint density at radius 2 is 1.46 bits per heavy atom. The molecule has 0 spiro atoms. The van der Waals surface area contributed by atoms with Crippen LogP contribution in [0, 0.1) is 11.6 Å². The molecule has 0 bridgehead atoms. The minimum atomic E-state index is -0.328. The number of fused-ring (bicyclic) bond motifs is 1. The van der Waals surface area contributed by atoms with Crippen molar-refractivity contribution in [1.29, 1.82) is 0 Å². The highest BCUT2D eigenvalue weighted by atomic mass is 19.1. The topological polar surface area (TPSA) is 67.1 Å². The highest BCUT2D eigenvalue weighted by Crippen LogP contribution is 2.42. The lowest BCUT2D eigenvalue weighted by Gasteiger charge is -2.16. The van der Waals surface area contributed by atoms with E-state index in [1.807, 2.05) is 23.0 Å². The molecule has 37 heavy (non-hydrogen) atoms. The fourth-order valence-electron chi connectivity index (χ4n) is 4.99. The molecule has 1 fully saturated rings. The van der Waals surface area contributed by atoms with Crippen LogP contribution < -0.4 is 0 Å². The first-order valence-corrected chi connectivity index (χ1v) is 12.3. The van der Waals surface area contributed by atoms with Gasteiger partial charge in [-0.15, -0.1) is 0 Å². The smallest absolute Gasteiger partial charge is 0.182 e. The molecule has 6 rings (SSSR count). The molecule has 1 aliphatic rings. The molecule has 1 aliphatic heterocycles. The summed E-state index contributed by atoms with van der Waals surface area (Å²) < 4.78 is 29.6. The van der Waals surface area contributed by atoms with E-state index in [1.54, 1.807) is 36.7 Å². The van der Waals surface area contributed by atoms with Gasteiger partial charge in [-0.2, -0.15) is 5.10 Å². The van der Waals surface area contributed by atoms with Gasteiger partial charge in [0.05, 0.1) is 18.3 Å². The number of halogens is 2. The number of hydrogen-bond donors (Lipinski definition) is 1. The minimum Gasteiger partial charge on any atom is -0.392 e. The van der Waals surface area contributed by atoms with E-state index in [9.17, 15) is 13.9 Å². The average molecular weight is 498 g/mol. The molecule has 0 saturated carbocycles. The third-order valence-electron chi connectivity index (χ3n) is 6.83. The molecule has 1 saturated heterocycles. The maximum atomic E-state index is 13.9. The van der Waals surface area contributed by atoms with Gasteiger partial charge in [-0.1, -0.05) is 12.1 Å². The molecule has 6 nitrogen and oxygen atoms in total. The summed E-state index contributed by atoms with van der Waals surface area (Å²) in [7, 11) is 0. The fourth-order valence-corrected chi connectivity index (χ4v) is 4.99. The number of benzene rings is 2. The second kappa shape index (κ2) is 9.80.